The van der Waals surface area contributed by atoms with Crippen molar-refractivity contribution >= 4 is 34.7 Å². The number of nitrogens with zero attached hydrogens (tertiary/aromatic N) is 1. The van der Waals surface area contributed by atoms with Crippen molar-refractivity contribution in [2.45, 2.75) is 24.4 Å². The van der Waals surface area contributed by atoms with Crippen LogP contribution in [0.4, 0.5) is 18.9 Å². The van der Waals surface area contributed by atoms with Crippen molar-refractivity contribution in [3.05, 3.63) is 111 Å². The Morgan fingerprint density at radius 2 is 1.73 bits per heavy atom. The summed E-state index contributed by atoms with van der Waals surface area (Å²) in [5.41, 5.74) is 7.20. The second-order valence-electron chi connectivity index (χ2n) is 9.61. The number of ketones is 1. The summed E-state index contributed by atoms with van der Waals surface area (Å²) in [5, 5.41) is 3.51. The molecule has 5 rings (SSSR count). The van der Waals surface area contributed by atoms with Crippen molar-refractivity contribution in [2.24, 2.45) is 11.7 Å². The molecule has 3 aromatic rings. The van der Waals surface area contributed by atoms with E-state index in [4.69, 9.17) is 15.2 Å². The zero-order valence-electron chi connectivity index (χ0n) is 22.0. The highest BCUT2D eigenvalue weighted by Gasteiger charge is 2.51. The van der Waals surface area contributed by atoms with Crippen LogP contribution in [0.1, 0.15) is 34.9 Å². The Labute approximate surface area is 237 Å². The van der Waals surface area contributed by atoms with Crippen LogP contribution in [0.25, 0.3) is 0 Å². The number of carbonyl (C=O) groups is 3. The predicted molar refractivity (Wildman–Crippen MR) is 146 cm³/mol. The number of allylic oxidation sites excluding steroid dienone is 2. The molecule has 0 spiro atoms. The average Bonchev–Trinajstić information content (AvgIpc) is 3.50. The summed E-state index contributed by atoms with van der Waals surface area (Å²) in [6.45, 7) is 0. The van der Waals surface area contributed by atoms with E-state index in [0.29, 0.717) is 16.8 Å². The lowest BCUT2D eigenvalue weighted by Gasteiger charge is -2.44. The molecule has 0 fully saturated rings. The Balaban J connectivity index is 1.82. The molecule has 1 aliphatic heterocycles. The predicted octanol–water partition coefficient (Wildman–Crippen LogP) is 5.51. The van der Waals surface area contributed by atoms with Crippen LogP contribution in [0.2, 0.25) is 0 Å². The third-order valence-electron chi connectivity index (χ3n) is 7.43. The number of benzene rings is 2. The number of anilines is 1. The second-order valence-corrected chi connectivity index (χ2v) is 10.4. The number of rotatable bonds is 5. The maximum Gasteiger partial charge on any atom is 0.416 e. The SMILES string of the molecule is COC(=O)C1=C(N)N(c2cccc(C(F)(F)F)c2)C2=C(C(=O)[C@H](C(=O)OC)[C@H](c3ccccc3)C2)[C@H]1c1ccsc1. The Morgan fingerprint density at radius 3 is 2.34 bits per heavy atom. The first kappa shape index (κ1) is 28.2. The van der Waals surface area contributed by atoms with E-state index in [1.54, 1.807) is 47.2 Å². The number of thiophene rings is 1. The second kappa shape index (κ2) is 10.9. The molecular weight excluding hydrogens is 557 g/mol. The fraction of sp³-hybridized carbons (Fsp3) is 0.233. The van der Waals surface area contributed by atoms with Gasteiger partial charge in [-0.05, 0) is 52.6 Å². The van der Waals surface area contributed by atoms with Crippen LogP contribution in [-0.2, 0) is 30.0 Å². The molecule has 3 atom stereocenters. The topological polar surface area (TPSA) is 98.9 Å². The van der Waals surface area contributed by atoms with Crippen LogP contribution in [0.3, 0.4) is 0 Å². The summed E-state index contributed by atoms with van der Waals surface area (Å²) in [4.78, 5) is 42.1. The van der Waals surface area contributed by atoms with Gasteiger partial charge in [0.25, 0.3) is 0 Å². The molecule has 0 amide bonds. The Kier molecular flexibility index (Phi) is 7.48. The summed E-state index contributed by atoms with van der Waals surface area (Å²) in [7, 11) is 2.34. The Hall–Kier alpha value is -4.38. The van der Waals surface area contributed by atoms with Crippen molar-refractivity contribution < 1.29 is 37.0 Å². The summed E-state index contributed by atoms with van der Waals surface area (Å²) in [6, 6.07) is 15.1. The molecule has 1 aliphatic carbocycles. The van der Waals surface area contributed by atoms with Gasteiger partial charge in [-0.2, -0.15) is 24.5 Å². The number of Topliss-reactive ketones (excluding diaryl/α,β-unsaturated/α-hetero) is 1. The monoisotopic (exact) mass is 582 g/mol. The van der Waals surface area contributed by atoms with Crippen molar-refractivity contribution in [2.75, 3.05) is 19.1 Å². The molecule has 212 valence electrons. The minimum absolute atomic E-state index is 0.00567. The third kappa shape index (κ3) is 4.90. The normalized spacial score (nSPS) is 21.0. The number of hydrogen-bond donors (Lipinski definition) is 1. The third-order valence-corrected chi connectivity index (χ3v) is 8.14. The van der Waals surface area contributed by atoms with Crippen molar-refractivity contribution in [3.63, 3.8) is 0 Å². The minimum atomic E-state index is -4.66. The van der Waals surface area contributed by atoms with Crippen LogP contribution < -0.4 is 10.6 Å². The fourth-order valence-electron chi connectivity index (χ4n) is 5.64. The molecule has 7 nitrogen and oxygen atoms in total. The molecule has 1 aromatic heterocycles. The van der Waals surface area contributed by atoms with Gasteiger partial charge in [0.05, 0.1) is 31.3 Å². The smallest absolute Gasteiger partial charge is 0.416 e. The number of nitrogens with two attached hydrogens (primary N) is 1. The molecule has 41 heavy (non-hydrogen) atoms. The molecule has 2 aromatic carbocycles. The number of ether oxygens (including phenoxy) is 2. The van der Waals surface area contributed by atoms with Crippen molar-refractivity contribution in [1.29, 1.82) is 0 Å². The molecule has 2 N–H and O–H groups in total. The number of alkyl halides is 3. The number of carbonyl (C=O) groups excluding carboxylic acids is 3. The van der Waals surface area contributed by atoms with E-state index in [1.165, 1.54) is 35.5 Å². The van der Waals surface area contributed by atoms with Gasteiger partial charge < -0.3 is 15.2 Å². The Morgan fingerprint density at radius 1 is 1.00 bits per heavy atom. The van der Waals surface area contributed by atoms with E-state index in [9.17, 15) is 27.6 Å². The highest BCUT2D eigenvalue weighted by molar-refractivity contribution is 7.08. The maximum absolute atomic E-state index is 14.4. The summed E-state index contributed by atoms with van der Waals surface area (Å²) in [6.07, 6.45) is -4.60. The summed E-state index contributed by atoms with van der Waals surface area (Å²) in [5.74, 6) is -5.36. The van der Waals surface area contributed by atoms with Gasteiger partial charge >= 0.3 is 18.1 Å². The average molecular weight is 583 g/mol. The zero-order valence-corrected chi connectivity index (χ0v) is 22.8. The highest BCUT2D eigenvalue weighted by Crippen LogP contribution is 2.52. The van der Waals surface area contributed by atoms with Gasteiger partial charge in [-0.15, -0.1) is 0 Å². The summed E-state index contributed by atoms with van der Waals surface area (Å²) >= 11 is 1.33. The van der Waals surface area contributed by atoms with Crippen LogP contribution >= 0.6 is 11.3 Å². The molecule has 0 saturated heterocycles. The molecule has 0 unspecified atom stereocenters. The van der Waals surface area contributed by atoms with E-state index in [2.05, 4.69) is 0 Å². The molecule has 2 aliphatic rings. The van der Waals surface area contributed by atoms with E-state index in [-0.39, 0.29) is 29.1 Å². The molecular formula is C30H25F3N2O5S. The van der Waals surface area contributed by atoms with Gasteiger partial charge in [-0.3, -0.25) is 14.5 Å². The molecule has 0 saturated carbocycles. The number of methoxy groups -OCH3 is 2. The van der Waals surface area contributed by atoms with Crippen molar-refractivity contribution in [1.82, 2.24) is 0 Å². The number of halogens is 3. The number of hydrogen-bond acceptors (Lipinski definition) is 8. The first-order valence-corrected chi connectivity index (χ1v) is 13.5. The van der Waals surface area contributed by atoms with Crippen LogP contribution in [0.15, 0.2) is 94.1 Å². The van der Waals surface area contributed by atoms with Crippen LogP contribution in [0.5, 0.6) is 0 Å². The van der Waals surface area contributed by atoms with E-state index in [0.717, 1.165) is 19.2 Å². The molecule has 2 heterocycles. The molecule has 11 heteroatoms. The molecule has 0 bridgehead atoms. The van der Waals surface area contributed by atoms with Crippen LogP contribution in [0, 0.1) is 5.92 Å². The fourth-order valence-corrected chi connectivity index (χ4v) is 6.32. The zero-order chi connectivity index (χ0) is 29.5. The first-order chi connectivity index (χ1) is 19.6. The van der Waals surface area contributed by atoms with Gasteiger partial charge in [-0.25, -0.2) is 4.79 Å². The lowest BCUT2D eigenvalue weighted by molar-refractivity contribution is -0.150. The van der Waals surface area contributed by atoms with Gasteiger partial charge in [0.1, 0.15) is 11.7 Å². The van der Waals surface area contributed by atoms with Gasteiger partial charge in [0.2, 0.25) is 0 Å². The van der Waals surface area contributed by atoms with E-state index in [1.807, 2.05) is 0 Å². The van der Waals surface area contributed by atoms with Gasteiger partial charge in [0.15, 0.2) is 5.78 Å². The first-order valence-electron chi connectivity index (χ1n) is 12.6. The summed E-state index contributed by atoms with van der Waals surface area (Å²) < 4.78 is 51.3. The maximum atomic E-state index is 14.4. The van der Waals surface area contributed by atoms with Crippen molar-refractivity contribution in [3.8, 4) is 0 Å². The lowest BCUT2D eigenvalue weighted by Crippen LogP contribution is -2.46. The standard InChI is InChI=1S/C30H25F3N2O5S/c1-39-28(37)23-20(16-7-4-3-5-8-16)14-21-24(26(23)36)22(17-11-12-41-15-17)25(29(38)40-2)27(34)35(21)19-10-6-9-18(13-19)30(31,32)33/h3-13,15,20,22-23H,14,34H2,1-2H3/t20-,22+,23+/m0/s1. The van der Waals surface area contributed by atoms with Gasteiger partial charge in [0, 0.05) is 22.9 Å². The molecule has 0 radical (unpaired) electrons. The van der Waals surface area contributed by atoms with E-state index >= 15 is 0 Å². The number of esters is 2. The largest absolute Gasteiger partial charge is 0.468 e. The van der Waals surface area contributed by atoms with Gasteiger partial charge in [-0.1, -0.05) is 36.4 Å². The van der Waals surface area contributed by atoms with E-state index < -0.39 is 47.2 Å². The highest BCUT2D eigenvalue weighted by atomic mass is 32.1. The minimum Gasteiger partial charge on any atom is -0.468 e. The quantitative estimate of drug-likeness (QED) is 0.313. The van der Waals surface area contributed by atoms with Crippen LogP contribution in [-0.4, -0.2) is 31.9 Å². The lowest BCUT2D eigenvalue weighted by atomic mass is 9.67. The Bertz CT molecular complexity index is 1560.